The summed E-state index contributed by atoms with van der Waals surface area (Å²) in [4.78, 5) is 39.1. The van der Waals surface area contributed by atoms with Gasteiger partial charge in [-0.25, -0.2) is 0 Å². The van der Waals surface area contributed by atoms with Crippen LogP contribution in [0, 0.1) is 5.92 Å². The van der Waals surface area contributed by atoms with E-state index in [0.717, 1.165) is 16.3 Å². The Hall–Kier alpha value is -4.13. The van der Waals surface area contributed by atoms with Gasteiger partial charge in [0.2, 0.25) is 11.8 Å². The Kier molecular flexibility index (Phi) is 7.77. The molecule has 1 aliphatic rings. The van der Waals surface area contributed by atoms with Crippen molar-refractivity contribution in [1.82, 2.24) is 15.8 Å². The molecule has 0 aromatic heterocycles. The number of nitrogens with one attached hydrogen (secondary N) is 2. The third-order valence-electron chi connectivity index (χ3n) is 6.11. The molecule has 1 atom stereocenters. The molecule has 3 amide bonds. The minimum Gasteiger partial charge on any atom is -0.481 e. The van der Waals surface area contributed by atoms with Crippen molar-refractivity contribution in [3.8, 4) is 5.75 Å². The Morgan fingerprint density at radius 1 is 0.914 bits per heavy atom. The van der Waals surface area contributed by atoms with Crippen molar-refractivity contribution < 1.29 is 19.1 Å². The molecule has 0 spiro atoms. The lowest BCUT2D eigenvalue weighted by Crippen LogP contribution is -2.50. The van der Waals surface area contributed by atoms with Crippen LogP contribution in [-0.4, -0.2) is 41.8 Å². The van der Waals surface area contributed by atoms with E-state index in [1.807, 2.05) is 72.8 Å². The van der Waals surface area contributed by atoms with E-state index in [4.69, 9.17) is 4.74 Å². The van der Waals surface area contributed by atoms with Gasteiger partial charge in [-0.1, -0.05) is 60.7 Å². The SMILES string of the molecule is CC(Oc1ccc2ccccc2c1)C(=O)NNC(=O)C1CCN(C(=O)/C=C/c2ccccc2)CC1. The molecule has 1 saturated heterocycles. The van der Waals surface area contributed by atoms with E-state index < -0.39 is 12.0 Å². The van der Waals surface area contributed by atoms with Gasteiger partial charge in [0.25, 0.3) is 5.91 Å². The molecule has 0 bridgehead atoms. The number of rotatable bonds is 6. The predicted molar refractivity (Wildman–Crippen MR) is 135 cm³/mol. The van der Waals surface area contributed by atoms with Crippen molar-refractivity contribution in [1.29, 1.82) is 0 Å². The van der Waals surface area contributed by atoms with E-state index in [9.17, 15) is 14.4 Å². The number of hydrogen-bond donors (Lipinski definition) is 2. The number of likely N-dealkylation sites (tertiary alicyclic amines) is 1. The van der Waals surface area contributed by atoms with Gasteiger partial charge in [-0.05, 0) is 54.3 Å². The maximum Gasteiger partial charge on any atom is 0.279 e. The zero-order valence-corrected chi connectivity index (χ0v) is 19.6. The highest BCUT2D eigenvalue weighted by Gasteiger charge is 2.27. The topological polar surface area (TPSA) is 87.7 Å². The molecule has 0 radical (unpaired) electrons. The molecular weight excluding hydrogens is 442 g/mol. The predicted octanol–water partition coefficient (Wildman–Crippen LogP) is 3.71. The molecule has 7 heteroatoms. The molecule has 35 heavy (non-hydrogen) atoms. The smallest absolute Gasteiger partial charge is 0.279 e. The molecular formula is C28H29N3O4. The number of fused-ring (bicyclic) bond motifs is 1. The minimum atomic E-state index is -0.785. The number of hydrazine groups is 1. The summed E-state index contributed by atoms with van der Waals surface area (Å²) in [6.45, 7) is 2.61. The molecule has 7 nitrogen and oxygen atoms in total. The molecule has 0 aliphatic carbocycles. The van der Waals surface area contributed by atoms with Crippen LogP contribution in [0.4, 0.5) is 0 Å². The van der Waals surface area contributed by atoms with Gasteiger partial charge in [0.05, 0.1) is 0 Å². The lowest BCUT2D eigenvalue weighted by Gasteiger charge is -2.30. The Morgan fingerprint density at radius 3 is 2.34 bits per heavy atom. The van der Waals surface area contributed by atoms with Crippen LogP contribution in [0.3, 0.4) is 0 Å². The molecule has 180 valence electrons. The minimum absolute atomic E-state index is 0.0688. The van der Waals surface area contributed by atoms with Gasteiger partial charge < -0.3 is 9.64 Å². The van der Waals surface area contributed by atoms with Crippen LogP contribution in [-0.2, 0) is 14.4 Å². The van der Waals surface area contributed by atoms with E-state index in [2.05, 4.69) is 10.9 Å². The largest absolute Gasteiger partial charge is 0.481 e. The Balaban J connectivity index is 1.20. The third kappa shape index (κ3) is 6.47. The second-order valence-corrected chi connectivity index (χ2v) is 8.59. The average molecular weight is 472 g/mol. The van der Waals surface area contributed by atoms with Gasteiger partial charge in [0, 0.05) is 25.1 Å². The van der Waals surface area contributed by atoms with Crippen LogP contribution >= 0.6 is 0 Å². The van der Waals surface area contributed by atoms with E-state index in [0.29, 0.717) is 31.7 Å². The number of piperidine rings is 1. The first-order valence-electron chi connectivity index (χ1n) is 11.8. The van der Waals surface area contributed by atoms with Crippen LogP contribution < -0.4 is 15.6 Å². The Labute approximate surface area is 204 Å². The summed E-state index contributed by atoms with van der Waals surface area (Å²) in [6, 6.07) is 23.2. The van der Waals surface area contributed by atoms with Gasteiger partial charge in [0.15, 0.2) is 6.10 Å². The monoisotopic (exact) mass is 471 g/mol. The highest BCUT2D eigenvalue weighted by atomic mass is 16.5. The molecule has 3 aromatic carbocycles. The number of hydrogen-bond acceptors (Lipinski definition) is 4. The Bertz CT molecular complexity index is 1220. The molecule has 1 heterocycles. The van der Waals surface area contributed by atoms with Gasteiger partial charge in [0.1, 0.15) is 5.75 Å². The molecule has 4 rings (SSSR count). The van der Waals surface area contributed by atoms with Crippen LogP contribution in [0.15, 0.2) is 78.9 Å². The van der Waals surface area contributed by atoms with Crippen molar-refractivity contribution in [2.24, 2.45) is 5.92 Å². The zero-order chi connectivity index (χ0) is 24.6. The second kappa shape index (κ2) is 11.3. The summed E-state index contributed by atoms with van der Waals surface area (Å²) in [5.41, 5.74) is 5.92. The number of nitrogens with zero attached hydrogens (tertiary/aromatic N) is 1. The first kappa shape index (κ1) is 24.0. The van der Waals surface area contributed by atoms with Crippen LogP contribution in [0.25, 0.3) is 16.8 Å². The lowest BCUT2D eigenvalue weighted by atomic mass is 9.96. The van der Waals surface area contributed by atoms with E-state index in [1.165, 1.54) is 0 Å². The molecule has 0 saturated carbocycles. The second-order valence-electron chi connectivity index (χ2n) is 8.59. The van der Waals surface area contributed by atoms with Gasteiger partial charge >= 0.3 is 0 Å². The third-order valence-corrected chi connectivity index (χ3v) is 6.11. The number of carbonyl (C=O) groups is 3. The van der Waals surface area contributed by atoms with Gasteiger partial charge in [-0.15, -0.1) is 0 Å². The fourth-order valence-corrected chi connectivity index (χ4v) is 4.02. The average Bonchev–Trinajstić information content (AvgIpc) is 2.90. The summed E-state index contributed by atoms with van der Waals surface area (Å²) in [7, 11) is 0. The van der Waals surface area contributed by atoms with Crippen molar-refractivity contribution in [3.05, 3.63) is 84.4 Å². The van der Waals surface area contributed by atoms with E-state index in [-0.39, 0.29) is 17.7 Å². The highest BCUT2D eigenvalue weighted by molar-refractivity contribution is 5.92. The number of amides is 3. The molecule has 1 aliphatic heterocycles. The number of benzene rings is 3. The normalized spacial score (nSPS) is 15.1. The first-order chi connectivity index (χ1) is 17.0. The summed E-state index contributed by atoms with van der Waals surface area (Å²) in [6.07, 6.45) is 3.64. The van der Waals surface area contributed by atoms with Crippen molar-refractivity contribution in [2.45, 2.75) is 25.9 Å². The van der Waals surface area contributed by atoms with Gasteiger partial charge in [-0.3, -0.25) is 25.2 Å². The fraction of sp³-hybridized carbons (Fsp3) is 0.250. The fourth-order valence-electron chi connectivity index (χ4n) is 4.02. The molecule has 2 N–H and O–H groups in total. The Morgan fingerprint density at radius 2 is 1.60 bits per heavy atom. The number of ether oxygens (including phenoxy) is 1. The molecule has 1 unspecified atom stereocenters. The summed E-state index contributed by atoms with van der Waals surface area (Å²) in [5, 5.41) is 2.11. The summed E-state index contributed by atoms with van der Waals surface area (Å²) >= 11 is 0. The summed E-state index contributed by atoms with van der Waals surface area (Å²) < 4.78 is 5.74. The summed E-state index contributed by atoms with van der Waals surface area (Å²) in [5.74, 6) is -0.459. The van der Waals surface area contributed by atoms with Crippen LogP contribution in [0.5, 0.6) is 5.75 Å². The van der Waals surface area contributed by atoms with Crippen molar-refractivity contribution in [3.63, 3.8) is 0 Å². The first-order valence-corrected chi connectivity index (χ1v) is 11.8. The molecule has 3 aromatic rings. The number of carbonyl (C=O) groups excluding carboxylic acids is 3. The highest BCUT2D eigenvalue weighted by Crippen LogP contribution is 2.21. The van der Waals surface area contributed by atoms with E-state index >= 15 is 0 Å². The quantitative estimate of drug-likeness (QED) is 0.424. The molecule has 1 fully saturated rings. The van der Waals surface area contributed by atoms with Crippen molar-refractivity contribution >= 4 is 34.6 Å². The van der Waals surface area contributed by atoms with E-state index in [1.54, 1.807) is 24.0 Å². The van der Waals surface area contributed by atoms with Gasteiger partial charge in [-0.2, -0.15) is 0 Å². The maximum atomic E-state index is 12.5. The lowest BCUT2D eigenvalue weighted by molar-refractivity contribution is -0.136. The maximum absolute atomic E-state index is 12.5. The van der Waals surface area contributed by atoms with Crippen molar-refractivity contribution in [2.75, 3.05) is 13.1 Å². The van der Waals surface area contributed by atoms with Crippen LogP contribution in [0.1, 0.15) is 25.3 Å². The van der Waals surface area contributed by atoms with Crippen LogP contribution in [0.2, 0.25) is 0 Å². The standard InChI is InChI=1S/C28H29N3O4/c1-20(35-25-13-12-22-9-5-6-10-24(22)19-25)27(33)29-30-28(34)23-15-17-31(18-16-23)26(32)14-11-21-7-3-2-4-8-21/h2-14,19-20,23H,15-18H2,1H3,(H,29,33)(H,30,34)/b14-11+. The zero-order valence-electron chi connectivity index (χ0n) is 19.6.